The van der Waals surface area contributed by atoms with Crippen LogP contribution in [-0.4, -0.2) is 49.8 Å². The lowest BCUT2D eigenvalue weighted by atomic mass is 10.2. The van der Waals surface area contributed by atoms with Crippen LogP contribution in [0.15, 0.2) is 24.3 Å². The van der Waals surface area contributed by atoms with Gasteiger partial charge in [-0.1, -0.05) is 12.1 Å². The van der Waals surface area contributed by atoms with Gasteiger partial charge in [-0.15, -0.1) is 0 Å². The van der Waals surface area contributed by atoms with Crippen LogP contribution in [0, 0.1) is 0 Å². The number of benzene rings is 1. The van der Waals surface area contributed by atoms with E-state index in [9.17, 15) is 9.59 Å². The fourth-order valence-electron chi connectivity index (χ4n) is 4.32. The van der Waals surface area contributed by atoms with Crippen LogP contribution in [-0.2, 0) is 16.1 Å². The van der Waals surface area contributed by atoms with Gasteiger partial charge in [0.1, 0.15) is 12.4 Å². The quantitative estimate of drug-likeness (QED) is 0.811. The molecule has 6 nitrogen and oxygen atoms in total. The number of imidazole rings is 1. The highest BCUT2D eigenvalue weighted by molar-refractivity contribution is 5.82. The average Bonchev–Trinajstić information content (AvgIpc) is 3.19. The molecule has 0 N–H and O–H groups in total. The second-order valence-electron chi connectivity index (χ2n) is 7.90. The Morgan fingerprint density at radius 3 is 2.48 bits per heavy atom. The molecule has 1 atom stereocenters. The number of carbonyl (C=O) groups excluding carboxylic acids is 2. The van der Waals surface area contributed by atoms with Gasteiger partial charge in [0.15, 0.2) is 0 Å². The smallest absolute Gasteiger partial charge is 0.243 e. The van der Waals surface area contributed by atoms with Gasteiger partial charge < -0.3 is 14.4 Å². The molecule has 1 saturated heterocycles. The summed E-state index contributed by atoms with van der Waals surface area (Å²) in [6.07, 6.45) is 1.85. The van der Waals surface area contributed by atoms with Crippen LogP contribution in [0.25, 0.3) is 11.0 Å². The van der Waals surface area contributed by atoms with Gasteiger partial charge in [0, 0.05) is 25.6 Å². The third-order valence-electron chi connectivity index (χ3n) is 5.33. The molecule has 1 aliphatic rings. The number of likely N-dealkylation sites (tertiary alicyclic amines) is 1. The Labute approximate surface area is 161 Å². The molecule has 27 heavy (non-hydrogen) atoms. The SMILES string of the molecule is CC(=O)N1CCC[C@@H]1c1nc2ccccc2n1CC(=O)N(C(C)C)C(C)C. The molecule has 1 fully saturated rings. The summed E-state index contributed by atoms with van der Waals surface area (Å²) in [5, 5.41) is 0. The zero-order chi connectivity index (χ0) is 19.7. The molecule has 0 unspecified atom stereocenters. The molecule has 0 spiro atoms. The number of nitrogens with zero attached hydrogens (tertiary/aromatic N) is 4. The first-order valence-corrected chi connectivity index (χ1v) is 9.84. The maximum atomic E-state index is 13.1. The van der Waals surface area contributed by atoms with E-state index in [-0.39, 0.29) is 36.5 Å². The third kappa shape index (κ3) is 3.70. The Morgan fingerprint density at radius 1 is 1.19 bits per heavy atom. The van der Waals surface area contributed by atoms with E-state index in [0.29, 0.717) is 0 Å². The predicted molar refractivity (Wildman–Crippen MR) is 106 cm³/mol. The van der Waals surface area contributed by atoms with Crippen LogP contribution < -0.4 is 0 Å². The first-order valence-electron chi connectivity index (χ1n) is 9.84. The molecule has 0 bridgehead atoms. The van der Waals surface area contributed by atoms with Crippen molar-refractivity contribution >= 4 is 22.8 Å². The Bertz CT molecular complexity index is 832. The molecule has 1 aromatic heterocycles. The van der Waals surface area contributed by atoms with E-state index in [0.717, 1.165) is 36.2 Å². The molecule has 2 aromatic rings. The van der Waals surface area contributed by atoms with E-state index in [1.165, 1.54) is 0 Å². The van der Waals surface area contributed by atoms with Crippen molar-refractivity contribution in [2.75, 3.05) is 6.54 Å². The van der Waals surface area contributed by atoms with E-state index in [1.54, 1.807) is 6.92 Å². The van der Waals surface area contributed by atoms with Crippen molar-refractivity contribution in [3.05, 3.63) is 30.1 Å². The molecule has 6 heteroatoms. The zero-order valence-electron chi connectivity index (χ0n) is 17.0. The molecule has 0 saturated carbocycles. The summed E-state index contributed by atoms with van der Waals surface area (Å²) >= 11 is 0. The summed E-state index contributed by atoms with van der Waals surface area (Å²) in [5.41, 5.74) is 1.82. The lowest BCUT2D eigenvalue weighted by Gasteiger charge is -2.31. The average molecular weight is 370 g/mol. The van der Waals surface area contributed by atoms with Crippen LogP contribution in [0.3, 0.4) is 0 Å². The van der Waals surface area contributed by atoms with Crippen molar-refractivity contribution in [2.24, 2.45) is 0 Å². The van der Waals surface area contributed by atoms with Crippen LogP contribution in [0.5, 0.6) is 0 Å². The van der Waals surface area contributed by atoms with Crippen molar-refractivity contribution in [1.82, 2.24) is 19.4 Å². The highest BCUT2D eigenvalue weighted by Gasteiger charge is 2.33. The summed E-state index contributed by atoms with van der Waals surface area (Å²) in [6, 6.07) is 8.10. The fraction of sp³-hybridized carbons (Fsp3) is 0.571. The number of hydrogen-bond donors (Lipinski definition) is 0. The summed E-state index contributed by atoms with van der Waals surface area (Å²) in [4.78, 5) is 33.8. The van der Waals surface area contributed by atoms with Gasteiger partial charge in [-0.2, -0.15) is 0 Å². The number of amides is 2. The second-order valence-corrected chi connectivity index (χ2v) is 7.90. The molecule has 0 aliphatic carbocycles. The topological polar surface area (TPSA) is 58.4 Å². The van der Waals surface area contributed by atoms with Gasteiger partial charge in [-0.05, 0) is 52.7 Å². The van der Waals surface area contributed by atoms with Crippen LogP contribution in [0.4, 0.5) is 0 Å². The lowest BCUT2D eigenvalue weighted by Crippen LogP contribution is -2.44. The summed E-state index contributed by atoms with van der Waals surface area (Å²) < 4.78 is 2.02. The number of para-hydroxylation sites is 2. The van der Waals surface area contributed by atoms with Crippen LogP contribution >= 0.6 is 0 Å². The van der Waals surface area contributed by atoms with E-state index in [4.69, 9.17) is 4.98 Å². The molecule has 2 heterocycles. The Balaban J connectivity index is 2.03. The minimum atomic E-state index is -0.0609. The van der Waals surface area contributed by atoms with Gasteiger partial charge in [-0.25, -0.2) is 4.98 Å². The fourth-order valence-corrected chi connectivity index (χ4v) is 4.32. The third-order valence-corrected chi connectivity index (χ3v) is 5.33. The summed E-state index contributed by atoms with van der Waals surface area (Å²) in [7, 11) is 0. The number of carbonyl (C=O) groups is 2. The Morgan fingerprint density at radius 2 is 1.85 bits per heavy atom. The minimum absolute atomic E-state index is 0.0609. The van der Waals surface area contributed by atoms with Crippen molar-refractivity contribution in [1.29, 1.82) is 0 Å². The maximum Gasteiger partial charge on any atom is 0.243 e. The van der Waals surface area contributed by atoms with Gasteiger partial charge in [0.25, 0.3) is 0 Å². The Kier molecular flexibility index (Phi) is 5.53. The van der Waals surface area contributed by atoms with E-state index in [1.807, 2.05) is 66.3 Å². The van der Waals surface area contributed by atoms with E-state index >= 15 is 0 Å². The summed E-state index contributed by atoms with van der Waals surface area (Å²) in [6.45, 7) is 10.8. The van der Waals surface area contributed by atoms with E-state index < -0.39 is 0 Å². The molecular weight excluding hydrogens is 340 g/mol. The molecule has 1 aromatic carbocycles. The van der Waals surface area contributed by atoms with E-state index in [2.05, 4.69) is 0 Å². The zero-order valence-corrected chi connectivity index (χ0v) is 17.0. The van der Waals surface area contributed by atoms with Gasteiger partial charge >= 0.3 is 0 Å². The lowest BCUT2D eigenvalue weighted by molar-refractivity contribution is -0.135. The molecule has 1 aliphatic heterocycles. The number of rotatable bonds is 5. The number of aromatic nitrogens is 2. The number of hydrogen-bond acceptors (Lipinski definition) is 3. The van der Waals surface area contributed by atoms with Crippen molar-refractivity contribution in [3.8, 4) is 0 Å². The largest absolute Gasteiger partial charge is 0.336 e. The maximum absolute atomic E-state index is 13.1. The van der Waals surface area contributed by atoms with Crippen molar-refractivity contribution < 1.29 is 9.59 Å². The molecule has 0 radical (unpaired) electrons. The number of fused-ring (bicyclic) bond motifs is 1. The molecule has 2 amide bonds. The highest BCUT2D eigenvalue weighted by atomic mass is 16.2. The van der Waals surface area contributed by atoms with Crippen LogP contribution in [0.1, 0.15) is 59.3 Å². The predicted octanol–water partition coefficient (Wildman–Crippen LogP) is 3.37. The standard InChI is InChI=1S/C21H30N4O2/c1-14(2)25(15(3)4)20(27)13-24-18-10-7-6-9-17(18)22-21(24)19-11-8-12-23(19)16(5)26/h6-7,9-10,14-15,19H,8,11-13H2,1-5H3/t19-/m1/s1. The first-order chi connectivity index (χ1) is 12.8. The van der Waals surface area contributed by atoms with Gasteiger partial charge in [-0.3, -0.25) is 9.59 Å². The van der Waals surface area contributed by atoms with Gasteiger partial charge in [0.05, 0.1) is 17.1 Å². The van der Waals surface area contributed by atoms with Crippen LogP contribution in [0.2, 0.25) is 0 Å². The Hall–Kier alpha value is -2.37. The van der Waals surface area contributed by atoms with Gasteiger partial charge in [0.2, 0.25) is 11.8 Å². The monoisotopic (exact) mass is 370 g/mol. The normalized spacial score (nSPS) is 17.3. The molecule has 3 rings (SSSR count). The summed E-state index contributed by atoms with van der Waals surface area (Å²) in [5.74, 6) is 0.968. The second kappa shape index (κ2) is 7.71. The highest BCUT2D eigenvalue weighted by Crippen LogP contribution is 2.33. The minimum Gasteiger partial charge on any atom is -0.336 e. The van der Waals surface area contributed by atoms with Crippen molar-refractivity contribution in [3.63, 3.8) is 0 Å². The first kappa shape index (κ1) is 19.4. The molecule has 146 valence electrons. The molecular formula is C21H30N4O2. The van der Waals surface area contributed by atoms with Crippen molar-refractivity contribution in [2.45, 2.75) is 72.1 Å².